The molecule has 4 atom stereocenters. The third-order valence-electron chi connectivity index (χ3n) is 20.5. The summed E-state index contributed by atoms with van der Waals surface area (Å²) in [6.45, 7) is 21.2. The van der Waals surface area contributed by atoms with Crippen LogP contribution in [0.2, 0.25) is 0 Å². The fraction of sp³-hybridized carbons (Fsp3) is 0.556. The number of aryl methyl sites for hydroxylation is 1. The zero-order chi connectivity index (χ0) is 78.1. The molecular formula is C81H113N15O11S. The molecule has 0 fully saturated rings. The van der Waals surface area contributed by atoms with E-state index in [-0.39, 0.29) is 49.1 Å². The van der Waals surface area contributed by atoms with Crippen LogP contribution in [0.1, 0.15) is 235 Å². The fourth-order valence-corrected chi connectivity index (χ4v) is 16.4. The van der Waals surface area contributed by atoms with Gasteiger partial charge in [0.05, 0.1) is 53.9 Å². The van der Waals surface area contributed by atoms with E-state index >= 15 is 0 Å². The van der Waals surface area contributed by atoms with Crippen molar-refractivity contribution >= 4 is 57.4 Å². The van der Waals surface area contributed by atoms with Crippen LogP contribution in [0.25, 0.3) is 22.5 Å². The number of carbonyl (C=O) groups is 7. The van der Waals surface area contributed by atoms with Crippen LogP contribution in [-0.4, -0.2) is 134 Å². The van der Waals surface area contributed by atoms with E-state index in [9.17, 15) is 42.0 Å². The minimum Gasteiger partial charge on any atom is -0.487 e. The monoisotopic (exact) mass is 1500 g/mol. The molecule has 8 bridgehead atoms. The van der Waals surface area contributed by atoms with Crippen molar-refractivity contribution in [1.29, 1.82) is 0 Å². The number of nitrogens with one attached hydrogen (secondary N) is 7. The molecule has 4 aromatic carbocycles. The summed E-state index contributed by atoms with van der Waals surface area (Å²) in [7, 11) is -4.26. The van der Waals surface area contributed by atoms with Crippen LogP contribution in [0.5, 0.6) is 5.75 Å². The van der Waals surface area contributed by atoms with Gasteiger partial charge in [0.25, 0.3) is 10.0 Å². The molecule has 0 spiro atoms. The molecule has 27 heteroatoms. The third-order valence-corrected chi connectivity index (χ3v) is 22.2. The number of ether oxygens (including phenoxy) is 2. The predicted octanol–water partition coefficient (Wildman–Crippen LogP) is 9.97. The number of carbonyl (C=O) groups excluding carboxylic acids is 7. The quantitative estimate of drug-likeness (QED) is 0.0114. The van der Waals surface area contributed by atoms with Crippen molar-refractivity contribution in [2.45, 2.75) is 277 Å². The highest BCUT2D eigenvalue weighted by atomic mass is 32.2. The van der Waals surface area contributed by atoms with E-state index in [4.69, 9.17) is 15.2 Å². The van der Waals surface area contributed by atoms with Crippen molar-refractivity contribution in [3.63, 3.8) is 0 Å². The van der Waals surface area contributed by atoms with Crippen molar-refractivity contribution < 1.29 is 51.5 Å². The summed E-state index contributed by atoms with van der Waals surface area (Å²) in [5.41, 5.74) is 15.1. The summed E-state index contributed by atoms with van der Waals surface area (Å²) in [5.74, 6) is -5.47. The number of benzene rings is 4. The minimum atomic E-state index is -4.26. The van der Waals surface area contributed by atoms with E-state index in [1.165, 1.54) is 36.8 Å². The lowest BCUT2D eigenvalue weighted by Gasteiger charge is -2.33. The normalized spacial score (nSPS) is 18.8. The number of sulfonamides is 1. The topological polar surface area (TPSA) is 356 Å². The number of esters is 1. The van der Waals surface area contributed by atoms with Crippen molar-refractivity contribution in [3.8, 4) is 28.3 Å². The number of hydrogen-bond donors (Lipinski definition) is 8. The Morgan fingerprint density at radius 3 is 1.86 bits per heavy atom. The molecular weight excluding hydrogens is 1390 g/mol. The number of hydrogen-bond acceptors (Lipinski definition) is 16. The summed E-state index contributed by atoms with van der Waals surface area (Å²) in [5, 5.41) is 34.9. The van der Waals surface area contributed by atoms with E-state index in [0.29, 0.717) is 58.7 Å². The van der Waals surface area contributed by atoms with E-state index < -0.39 is 112 Å². The predicted molar refractivity (Wildman–Crippen MR) is 415 cm³/mol. The zero-order valence-corrected chi connectivity index (χ0v) is 66.0. The van der Waals surface area contributed by atoms with Crippen molar-refractivity contribution in [3.05, 3.63) is 129 Å². The van der Waals surface area contributed by atoms with Crippen molar-refractivity contribution in [1.82, 2.24) is 66.6 Å². The van der Waals surface area contributed by atoms with Crippen LogP contribution in [-0.2, 0) is 79.5 Å². The van der Waals surface area contributed by atoms with Gasteiger partial charge in [-0.1, -0.05) is 158 Å². The lowest BCUT2D eigenvalue weighted by molar-refractivity contribution is -0.156. The summed E-state index contributed by atoms with van der Waals surface area (Å²) in [4.78, 5) is 104. The average Bonchev–Trinajstić information content (AvgIpc) is 1.56. The molecule has 26 nitrogen and oxygen atoms in total. The van der Waals surface area contributed by atoms with Gasteiger partial charge in [-0.05, 0) is 169 Å². The van der Waals surface area contributed by atoms with E-state index in [2.05, 4.69) is 106 Å². The first-order valence-electron chi connectivity index (χ1n) is 38.7. The second-order valence-electron chi connectivity index (χ2n) is 31.3. The Morgan fingerprint density at radius 1 is 0.676 bits per heavy atom. The molecule has 9 rings (SSSR count). The molecule has 584 valence electrons. The van der Waals surface area contributed by atoms with Crippen LogP contribution in [0, 0.1) is 26.7 Å². The van der Waals surface area contributed by atoms with Crippen LogP contribution >= 0.6 is 0 Å². The molecule has 3 aliphatic rings. The molecule has 1 aliphatic carbocycles. The second kappa shape index (κ2) is 37.1. The molecule has 2 aromatic heterocycles. The Bertz CT molecular complexity index is 4310. The van der Waals surface area contributed by atoms with Gasteiger partial charge >= 0.3 is 5.97 Å². The number of nitrogens with zero attached hydrogens (tertiary/aromatic N) is 7. The molecule has 6 amide bonds. The van der Waals surface area contributed by atoms with E-state index in [1.807, 2.05) is 33.0 Å². The first-order chi connectivity index (χ1) is 51.4. The van der Waals surface area contributed by atoms with Gasteiger partial charge in [-0.25, -0.2) is 22.5 Å². The number of fused-ring (bicyclic) bond motifs is 10. The standard InChI is InChI=1S/C81H113N15O11S/c1-13-15-17-19-21-26-39-81(40-27-22-20-18-16-14-2)63-43-58-35-37-60(63)61-38-36-59(44-64(61)81)96-50-57(91-94-96)47-84-77(103)71(51(3)4)89-76(102)66(42-55-30-24-23-25-31-55)88-75(101)67(45-70(99)106-79(8,9)10)87-69(98)48-85-74(100)65(86-68(97)34-28-32-56-49-95(58)93-90-56)33-29-41-83-78(82)92-108(104,105)73-53(6)52(5)72-62(54(73)7)46-80(11,12)107-72/h23-25,30-31,35-38,43-44,49-51,65-67,71H,13-22,26-29,32-34,39-42,45-48H2,1-12H3,(H,84,103)(H,85,100)(H,86,97)(H,87,98)(H,88,101)(H,89,102)(H3,82,83,92)/t65-,66+,67-,71-/m0/s1. The van der Waals surface area contributed by atoms with Gasteiger partial charge in [0.15, 0.2) is 0 Å². The number of nitrogens with two attached hydrogens (primary N) is 1. The average molecular weight is 1500 g/mol. The van der Waals surface area contributed by atoms with Crippen molar-refractivity contribution in [2.24, 2.45) is 16.6 Å². The first kappa shape index (κ1) is 82.5. The van der Waals surface area contributed by atoms with Gasteiger partial charge in [-0.15, -0.1) is 10.2 Å². The third kappa shape index (κ3) is 21.7. The lowest BCUT2D eigenvalue weighted by Crippen LogP contribution is -2.59. The highest BCUT2D eigenvalue weighted by Gasteiger charge is 2.44. The van der Waals surface area contributed by atoms with Crippen LogP contribution in [0.3, 0.4) is 0 Å². The number of aromatic nitrogens is 6. The van der Waals surface area contributed by atoms with Crippen LogP contribution in [0.4, 0.5) is 0 Å². The molecule has 2 aliphatic heterocycles. The van der Waals surface area contributed by atoms with E-state index in [1.54, 1.807) is 94.4 Å². The second-order valence-corrected chi connectivity index (χ2v) is 32.9. The Hall–Kier alpha value is -9.53. The van der Waals surface area contributed by atoms with Gasteiger partial charge in [-0.3, -0.25) is 38.6 Å². The highest BCUT2D eigenvalue weighted by molar-refractivity contribution is 7.90. The van der Waals surface area contributed by atoms with Gasteiger partial charge in [0.1, 0.15) is 46.8 Å². The zero-order valence-electron chi connectivity index (χ0n) is 65.2. The SMILES string of the molecule is CCCCCCCCC1(CCCCCCCC)c2cc3ccc2-c2ccc(cc21)-n1cc(nn1)CNC(=O)[C@H](C(C)C)NC(=O)[C@@H](Cc1ccccc1)NC(=O)[C@H](CC(=O)OC(C)(C)C)NC(=O)CNC(=O)[C@H](CCCN=C(N)NS(=O)(=O)c1c(C)c(C)c2c(c1C)CC(C)(C)O2)NC(=O)CCCc1cn-3nn1. The highest BCUT2D eigenvalue weighted by Crippen LogP contribution is 2.55. The first-order valence-corrected chi connectivity index (χ1v) is 40.2. The number of guanidine groups is 1. The maximum atomic E-state index is 14.7. The molecule has 0 radical (unpaired) electrons. The smallest absolute Gasteiger partial charge is 0.308 e. The maximum Gasteiger partial charge on any atom is 0.308 e. The lowest BCUT2D eigenvalue weighted by atomic mass is 9.70. The summed E-state index contributed by atoms with van der Waals surface area (Å²) in [6, 6.07) is 16.4. The summed E-state index contributed by atoms with van der Waals surface area (Å²) in [6.07, 6.45) is 19.6. The number of unbranched alkanes of at least 4 members (excludes halogenated alkanes) is 10. The largest absolute Gasteiger partial charge is 0.487 e. The molecule has 0 unspecified atom stereocenters. The number of aliphatic imine (C=N–C) groups is 1. The molecule has 9 N–H and O–H groups in total. The summed E-state index contributed by atoms with van der Waals surface area (Å²) >= 11 is 0. The Morgan fingerprint density at radius 2 is 1.25 bits per heavy atom. The fourth-order valence-electron chi connectivity index (χ4n) is 14.9. The van der Waals surface area contributed by atoms with E-state index in [0.717, 1.165) is 92.3 Å². The number of amides is 6. The molecule has 4 heterocycles. The Kier molecular flexibility index (Phi) is 28.3. The van der Waals surface area contributed by atoms with Gasteiger partial charge < -0.3 is 47.1 Å². The molecule has 0 saturated carbocycles. The molecule has 6 aromatic rings. The van der Waals surface area contributed by atoms with Gasteiger partial charge in [0, 0.05) is 36.8 Å². The molecule has 108 heavy (non-hydrogen) atoms. The van der Waals surface area contributed by atoms with Crippen LogP contribution < -0.4 is 47.1 Å². The van der Waals surface area contributed by atoms with Crippen LogP contribution in [0.15, 0.2) is 89.0 Å². The van der Waals surface area contributed by atoms with Gasteiger partial charge in [0.2, 0.25) is 41.4 Å². The Balaban J connectivity index is 1.03. The molecule has 0 saturated heterocycles. The summed E-state index contributed by atoms with van der Waals surface area (Å²) < 4.78 is 45.9. The van der Waals surface area contributed by atoms with Gasteiger partial charge in [-0.2, -0.15) is 0 Å². The Labute approximate surface area is 636 Å². The van der Waals surface area contributed by atoms with Crippen molar-refractivity contribution in [2.75, 3.05) is 13.1 Å². The maximum absolute atomic E-state index is 14.7. The minimum absolute atomic E-state index is 0.0295. The number of rotatable bonds is 25.